The van der Waals surface area contributed by atoms with Gasteiger partial charge in [-0.05, 0) is 37.1 Å². The van der Waals surface area contributed by atoms with Crippen LogP contribution in [-0.4, -0.2) is 51.3 Å². The molecule has 1 aliphatic heterocycles. The van der Waals surface area contributed by atoms with E-state index in [-0.39, 0.29) is 0 Å². The molecule has 0 saturated carbocycles. The zero-order valence-corrected chi connectivity index (χ0v) is 16.6. The SMILES string of the molecule is Cc1cc(C)c(Nc2nncc(N3CCN(c4ncccn4)CC3)n2)c(Cl)c1. The highest BCUT2D eigenvalue weighted by molar-refractivity contribution is 6.33. The Kier molecular flexibility index (Phi) is 5.21. The highest BCUT2D eigenvalue weighted by Gasteiger charge is 2.20. The summed E-state index contributed by atoms with van der Waals surface area (Å²) in [7, 11) is 0. The lowest BCUT2D eigenvalue weighted by atomic mass is 10.1. The average molecular weight is 397 g/mol. The van der Waals surface area contributed by atoms with E-state index in [1.54, 1.807) is 18.6 Å². The van der Waals surface area contributed by atoms with Crippen LogP contribution in [0.15, 0.2) is 36.8 Å². The summed E-state index contributed by atoms with van der Waals surface area (Å²) in [6.07, 6.45) is 5.21. The topological polar surface area (TPSA) is 83.0 Å². The number of nitrogens with one attached hydrogen (secondary N) is 1. The van der Waals surface area contributed by atoms with Crippen molar-refractivity contribution in [3.63, 3.8) is 0 Å². The Morgan fingerprint density at radius 1 is 1.00 bits per heavy atom. The molecular weight excluding hydrogens is 376 g/mol. The third kappa shape index (κ3) is 3.96. The number of hydrogen-bond donors (Lipinski definition) is 1. The van der Waals surface area contributed by atoms with Crippen molar-refractivity contribution in [2.45, 2.75) is 13.8 Å². The van der Waals surface area contributed by atoms with E-state index in [9.17, 15) is 0 Å². The molecule has 0 radical (unpaired) electrons. The van der Waals surface area contributed by atoms with Crippen LogP contribution in [0, 0.1) is 13.8 Å². The molecule has 0 atom stereocenters. The molecule has 8 nitrogen and oxygen atoms in total. The predicted octanol–water partition coefficient (Wildman–Crippen LogP) is 3.00. The van der Waals surface area contributed by atoms with Crippen LogP contribution in [-0.2, 0) is 0 Å². The van der Waals surface area contributed by atoms with E-state index in [4.69, 9.17) is 11.6 Å². The highest BCUT2D eigenvalue weighted by Crippen LogP contribution is 2.29. The smallest absolute Gasteiger partial charge is 0.249 e. The lowest BCUT2D eigenvalue weighted by molar-refractivity contribution is 0.632. The lowest BCUT2D eigenvalue weighted by Crippen LogP contribution is -2.47. The van der Waals surface area contributed by atoms with E-state index in [0.717, 1.165) is 54.8 Å². The normalized spacial score (nSPS) is 14.2. The third-order valence-electron chi connectivity index (χ3n) is 4.65. The van der Waals surface area contributed by atoms with Gasteiger partial charge in [0.1, 0.15) is 0 Å². The molecule has 1 fully saturated rings. The van der Waals surface area contributed by atoms with Gasteiger partial charge in [-0.1, -0.05) is 17.7 Å². The van der Waals surface area contributed by atoms with Crippen LogP contribution in [0.25, 0.3) is 0 Å². The van der Waals surface area contributed by atoms with Crippen molar-refractivity contribution < 1.29 is 0 Å². The molecule has 3 heterocycles. The van der Waals surface area contributed by atoms with E-state index in [1.165, 1.54) is 0 Å². The van der Waals surface area contributed by atoms with Gasteiger partial charge < -0.3 is 15.1 Å². The molecule has 0 bridgehead atoms. The van der Waals surface area contributed by atoms with E-state index >= 15 is 0 Å². The van der Waals surface area contributed by atoms with Crippen LogP contribution in [0.4, 0.5) is 23.4 Å². The van der Waals surface area contributed by atoms with Crippen LogP contribution in [0.2, 0.25) is 5.02 Å². The fraction of sp³-hybridized carbons (Fsp3) is 0.316. The molecule has 144 valence electrons. The molecule has 1 N–H and O–H groups in total. The molecule has 28 heavy (non-hydrogen) atoms. The van der Waals surface area contributed by atoms with Crippen molar-refractivity contribution in [2.75, 3.05) is 41.3 Å². The van der Waals surface area contributed by atoms with Gasteiger partial charge in [0.05, 0.1) is 16.9 Å². The number of piperazine rings is 1. The van der Waals surface area contributed by atoms with Gasteiger partial charge in [0, 0.05) is 38.6 Å². The second-order valence-corrected chi connectivity index (χ2v) is 7.13. The quantitative estimate of drug-likeness (QED) is 0.720. The summed E-state index contributed by atoms with van der Waals surface area (Å²) in [6, 6.07) is 5.80. The first-order chi connectivity index (χ1) is 13.6. The first kappa shape index (κ1) is 18.4. The number of halogens is 1. The van der Waals surface area contributed by atoms with Crippen LogP contribution in [0.1, 0.15) is 11.1 Å². The minimum absolute atomic E-state index is 0.431. The van der Waals surface area contributed by atoms with E-state index in [2.05, 4.69) is 46.3 Å². The van der Waals surface area contributed by atoms with Crippen molar-refractivity contribution >= 4 is 35.0 Å². The molecule has 0 spiro atoms. The number of anilines is 4. The minimum atomic E-state index is 0.431. The first-order valence-corrected chi connectivity index (χ1v) is 9.48. The summed E-state index contributed by atoms with van der Waals surface area (Å²) in [5.41, 5.74) is 2.95. The van der Waals surface area contributed by atoms with Crippen LogP contribution in [0.3, 0.4) is 0 Å². The van der Waals surface area contributed by atoms with Gasteiger partial charge in [-0.2, -0.15) is 10.1 Å². The molecule has 0 unspecified atom stereocenters. The molecule has 4 rings (SSSR count). The maximum Gasteiger partial charge on any atom is 0.249 e. The summed E-state index contributed by atoms with van der Waals surface area (Å²) in [4.78, 5) is 17.6. The van der Waals surface area contributed by atoms with Crippen molar-refractivity contribution in [1.82, 2.24) is 25.1 Å². The summed E-state index contributed by atoms with van der Waals surface area (Å²) in [6.45, 7) is 7.27. The molecule has 1 aliphatic rings. The molecule has 2 aromatic heterocycles. The van der Waals surface area contributed by atoms with Crippen molar-refractivity contribution in [3.05, 3.63) is 52.9 Å². The largest absolute Gasteiger partial charge is 0.352 e. The summed E-state index contributed by atoms with van der Waals surface area (Å²) in [5, 5.41) is 12.1. The molecular formula is C19H21ClN8. The molecule has 0 amide bonds. The number of aromatic nitrogens is 5. The van der Waals surface area contributed by atoms with Gasteiger partial charge in [0.2, 0.25) is 11.9 Å². The first-order valence-electron chi connectivity index (χ1n) is 9.10. The maximum atomic E-state index is 6.38. The monoisotopic (exact) mass is 396 g/mol. The van der Waals surface area contributed by atoms with E-state index in [0.29, 0.717) is 11.0 Å². The van der Waals surface area contributed by atoms with Gasteiger partial charge in [-0.25, -0.2) is 9.97 Å². The minimum Gasteiger partial charge on any atom is -0.352 e. The van der Waals surface area contributed by atoms with Crippen molar-refractivity contribution in [2.24, 2.45) is 0 Å². The Hall–Kier alpha value is -3.00. The third-order valence-corrected chi connectivity index (χ3v) is 4.95. The number of hydrogen-bond acceptors (Lipinski definition) is 8. The Labute approximate surface area is 168 Å². The zero-order chi connectivity index (χ0) is 19.5. The summed E-state index contributed by atoms with van der Waals surface area (Å²) < 4.78 is 0. The van der Waals surface area contributed by atoms with Crippen LogP contribution >= 0.6 is 11.6 Å². The molecule has 9 heteroatoms. The van der Waals surface area contributed by atoms with Crippen molar-refractivity contribution in [3.8, 4) is 0 Å². The fourth-order valence-electron chi connectivity index (χ4n) is 3.28. The van der Waals surface area contributed by atoms with Gasteiger partial charge >= 0.3 is 0 Å². The summed E-state index contributed by atoms with van der Waals surface area (Å²) in [5.74, 6) is 1.97. The second kappa shape index (κ2) is 7.93. The molecule has 0 aliphatic carbocycles. The highest BCUT2D eigenvalue weighted by atomic mass is 35.5. The van der Waals surface area contributed by atoms with Crippen LogP contribution < -0.4 is 15.1 Å². The number of nitrogens with zero attached hydrogens (tertiary/aromatic N) is 7. The van der Waals surface area contributed by atoms with Crippen LogP contribution in [0.5, 0.6) is 0 Å². The van der Waals surface area contributed by atoms with Gasteiger partial charge in [-0.3, -0.25) is 0 Å². The fourth-order valence-corrected chi connectivity index (χ4v) is 3.64. The standard InChI is InChI=1S/C19H21ClN8/c1-13-10-14(2)17(15(20)11-13)25-18-24-16(12-23-26-18)27-6-8-28(9-7-27)19-21-4-3-5-22-19/h3-5,10-12H,6-9H2,1-2H3,(H,24,25,26). The van der Waals surface area contributed by atoms with E-state index in [1.807, 2.05) is 26.0 Å². The second-order valence-electron chi connectivity index (χ2n) is 6.72. The molecule has 1 saturated heterocycles. The number of aryl methyl sites for hydroxylation is 2. The Bertz CT molecular complexity index is 934. The maximum absolute atomic E-state index is 6.38. The predicted molar refractivity (Wildman–Crippen MR) is 110 cm³/mol. The van der Waals surface area contributed by atoms with Gasteiger partial charge in [0.25, 0.3) is 0 Å². The Morgan fingerprint density at radius 3 is 2.43 bits per heavy atom. The number of rotatable bonds is 4. The summed E-state index contributed by atoms with van der Waals surface area (Å²) >= 11 is 6.38. The average Bonchev–Trinajstić information content (AvgIpc) is 2.72. The van der Waals surface area contributed by atoms with Gasteiger partial charge in [-0.15, -0.1) is 5.10 Å². The Morgan fingerprint density at radius 2 is 1.71 bits per heavy atom. The zero-order valence-electron chi connectivity index (χ0n) is 15.8. The van der Waals surface area contributed by atoms with E-state index < -0.39 is 0 Å². The molecule has 1 aromatic carbocycles. The molecule has 3 aromatic rings. The van der Waals surface area contributed by atoms with Gasteiger partial charge in [0.15, 0.2) is 5.82 Å². The lowest BCUT2D eigenvalue weighted by Gasteiger charge is -2.35. The Balaban J connectivity index is 1.46. The number of benzene rings is 1. The van der Waals surface area contributed by atoms with Crippen molar-refractivity contribution in [1.29, 1.82) is 0 Å².